The Kier molecular flexibility index (Phi) is 11.3. The van der Waals surface area contributed by atoms with E-state index in [1.54, 1.807) is 0 Å². The summed E-state index contributed by atoms with van der Waals surface area (Å²) in [7, 11) is 2.09. The quantitative estimate of drug-likeness (QED) is 0.769. The summed E-state index contributed by atoms with van der Waals surface area (Å²) < 4.78 is 0. The molecule has 0 saturated heterocycles. The molecule has 1 fully saturated rings. The van der Waals surface area contributed by atoms with Crippen LogP contribution >= 0.6 is 24.8 Å². The van der Waals surface area contributed by atoms with Crippen LogP contribution < -0.4 is 11.1 Å². The zero-order valence-corrected chi connectivity index (χ0v) is 16.2. The highest BCUT2D eigenvalue weighted by Gasteiger charge is 2.26. The second kappa shape index (κ2) is 11.7. The Hall–Kier alpha value is -0.810. The highest BCUT2D eigenvalue weighted by Crippen LogP contribution is 2.26. The molecule has 4 nitrogen and oxygen atoms in total. The lowest BCUT2D eigenvalue weighted by molar-refractivity contribution is -0.122. The summed E-state index contributed by atoms with van der Waals surface area (Å²) in [4.78, 5) is 14.3. The third kappa shape index (κ3) is 7.39. The summed E-state index contributed by atoms with van der Waals surface area (Å²) in [5.74, 6) is 0.514. The van der Waals surface area contributed by atoms with Crippen LogP contribution in [0.4, 0.5) is 0 Å². The van der Waals surface area contributed by atoms with E-state index < -0.39 is 0 Å². The zero-order valence-electron chi connectivity index (χ0n) is 14.6. The first kappa shape index (κ1) is 23.2. The smallest absolute Gasteiger partial charge is 0.220 e. The predicted molar refractivity (Wildman–Crippen MR) is 105 cm³/mol. The fourth-order valence-electron chi connectivity index (χ4n) is 3.07. The molecule has 1 aromatic carbocycles. The minimum atomic E-state index is 0. The normalized spacial score (nSPS) is 20.8. The molecule has 0 aromatic heterocycles. The Bertz CT molecular complexity index is 473. The van der Waals surface area contributed by atoms with E-state index in [1.807, 2.05) is 6.07 Å². The van der Waals surface area contributed by atoms with Gasteiger partial charge in [0, 0.05) is 31.6 Å². The molecule has 0 aliphatic heterocycles. The molecule has 0 radical (unpaired) electrons. The first-order valence-corrected chi connectivity index (χ1v) is 8.32. The van der Waals surface area contributed by atoms with Gasteiger partial charge in [-0.1, -0.05) is 36.8 Å². The molecule has 6 heteroatoms. The molecule has 1 aliphatic rings. The van der Waals surface area contributed by atoms with E-state index in [9.17, 15) is 4.79 Å². The summed E-state index contributed by atoms with van der Waals surface area (Å²) in [6.45, 7) is 3.72. The van der Waals surface area contributed by atoms with E-state index in [-0.39, 0.29) is 36.8 Å². The van der Waals surface area contributed by atoms with Crippen LogP contribution in [0.15, 0.2) is 30.3 Å². The SMILES string of the molecule is CC(CNC(=O)C[C@@H]1CCC[C@H]1N)N(C)Cc1ccccc1.Cl.Cl. The zero-order chi connectivity index (χ0) is 15.9. The van der Waals surface area contributed by atoms with Crippen LogP contribution in [0.25, 0.3) is 0 Å². The number of nitrogens with zero attached hydrogens (tertiary/aromatic N) is 1. The van der Waals surface area contributed by atoms with Crippen LogP contribution in [0, 0.1) is 5.92 Å². The first-order chi connectivity index (χ1) is 10.6. The molecule has 0 bridgehead atoms. The van der Waals surface area contributed by atoms with Crippen molar-refractivity contribution in [3.8, 4) is 0 Å². The number of nitrogens with one attached hydrogen (secondary N) is 1. The largest absolute Gasteiger partial charge is 0.355 e. The van der Waals surface area contributed by atoms with Crippen molar-refractivity contribution in [2.24, 2.45) is 11.7 Å². The number of rotatable bonds is 7. The maximum atomic E-state index is 12.0. The van der Waals surface area contributed by atoms with Gasteiger partial charge in [-0.3, -0.25) is 9.69 Å². The van der Waals surface area contributed by atoms with Gasteiger partial charge in [-0.2, -0.15) is 0 Å². The summed E-state index contributed by atoms with van der Waals surface area (Å²) in [6, 6.07) is 10.9. The summed E-state index contributed by atoms with van der Waals surface area (Å²) in [5, 5.41) is 3.06. The van der Waals surface area contributed by atoms with E-state index in [0.717, 1.165) is 25.8 Å². The first-order valence-electron chi connectivity index (χ1n) is 8.32. The monoisotopic (exact) mass is 375 g/mol. The Morgan fingerprint density at radius 2 is 1.96 bits per heavy atom. The number of nitrogens with two attached hydrogens (primary N) is 1. The second-order valence-electron chi connectivity index (χ2n) is 6.61. The lowest BCUT2D eigenvalue weighted by atomic mass is 10.00. The topological polar surface area (TPSA) is 58.4 Å². The van der Waals surface area contributed by atoms with Crippen molar-refractivity contribution >= 4 is 30.7 Å². The predicted octanol–water partition coefficient (Wildman–Crippen LogP) is 2.98. The third-order valence-electron chi connectivity index (χ3n) is 4.79. The van der Waals surface area contributed by atoms with E-state index in [0.29, 0.717) is 24.9 Å². The van der Waals surface area contributed by atoms with Crippen LogP contribution in [-0.4, -0.2) is 36.5 Å². The van der Waals surface area contributed by atoms with Crippen molar-refractivity contribution in [1.29, 1.82) is 0 Å². The summed E-state index contributed by atoms with van der Waals surface area (Å²) in [6.07, 6.45) is 3.90. The van der Waals surface area contributed by atoms with Gasteiger partial charge in [0.25, 0.3) is 0 Å². The van der Waals surface area contributed by atoms with Crippen LogP contribution in [0.2, 0.25) is 0 Å². The second-order valence-corrected chi connectivity index (χ2v) is 6.61. The maximum absolute atomic E-state index is 12.0. The molecule has 2 rings (SSSR count). The molecular formula is C18H31Cl2N3O. The number of halogens is 2. The molecule has 0 heterocycles. The van der Waals surface area contributed by atoms with Crippen LogP contribution in [0.5, 0.6) is 0 Å². The Labute approximate surface area is 158 Å². The fourth-order valence-corrected chi connectivity index (χ4v) is 3.07. The fraction of sp³-hybridized carbons (Fsp3) is 0.611. The number of likely N-dealkylation sites (N-methyl/N-ethyl adjacent to an activating group) is 1. The van der Waals surface area contributed by atoms with Crippen molar-refractivity contribution < 1.29 is 4.79 Å². The van der Waals surface area contributed by atoms with Crippen LogP contribution in [0.3, 0.4) is 0 Å². The Morgan fingerprint density at radius 1 is 1.29 bits per heavy atom. The molecule has 1 saturated carbocycles. The van der Waals surface area contributed by atoms with Gasteiger partial charge in [-0.25, -0.2) is 0 Å². The van der Waals surface area contributed by atoms with Gasteiger partial charge in [0.05, 0.1) is 0 Å². The van der Waals surface area contributed by atoms with E-state index in [2.05, 4.69) is 48.5 Å². The highest BCUT2D eigenvalue weighted by molar-refractivity contribution is 5.85. The van der Waals surface area contributed by atoms with Gasteiger partial charge in [-0.15, -0.1) is 24.8 Å². The summed E-state index contributed by atoms with van der Waals surface area (Å²) in [5.41, 5.74) is 7.32. The Morgan fingerprint density at radius 3 is 2.54 bits per heavy atom. The Balaban J connectivity index is 0.00000264. The maximum Gasteiger partial charge on any atom is 0.220 e. The minimum Gasteiger partial charge on any atom is -0.355 e. The van der Waals surface area contributed by atoms with Crippen LogP contribution in [-0.2, 0) is 11.3 Å². The van der Waals surface area contributed by atoms with Gasteiger partial charge in [0.1, 0.15) is 0 Å². The van der Waals surface area contributed by atoms with E-state index in [1.165, 1.54) is 5.56 Å². The molecule has 3 N–H and O–H groups in total. The van der Waals surface area contributed by atoms with Gasteiger partial charge >= 0.3 is 0 Å². The van der Waals surface area contributed by atoms with Crippen molar-refractivity contribution in [2.45, 2.75) is 51.2 Å². The number of hydrogen-bond acceptors (Lipinski definition) is 3. The molecule has 1 aromatic rings. The number of amides is 1. The van der Waals surface area contributed by atoms with E-state index in [4.69, 9.17) is 5.73 Å². The highest BCUT2D eigenvalue weighted by atomic mass is 35.5. The number of carbonyl (C=O) groups excluding carboxylic acids is 1. The van der Waals surface area contributed by atoms with Gasteiger partial charge < -0.3 is 11.1 Å². The molecule has 1 amide bonds. The average molecular weight is 376 g/mol. The molecule has 1 aliphatic carbocycles. The molecule has 1 unspecified atom stereocenters. The summed E-state index contributed by atoms with van der Waals surface area (Å²) >= 11 is 0. The molecule has 0 spiro atoms. The minimum absolute atomic E-state index is 0. The molecule has 138 valence electrons. The van der Waals surface area contributed by atoms with Gasteiger partial charge in [0.15, 0.2) is 0 Å². The number of carbonyl (C=O) groups is 1. The van der Waals surface area contributed by atoms with Crippen molar-refractivity contribution in [3.63, 3.8) is 0 Å². The molecule has 24 heavy (non-hydrogen) atoms. The third-order valence-corrected chi connectivity index (χ3v) is 4.79. The number of benzene rings is 1. The molecular weight excluding hydrogens is 345 g/mol. The van der Waals surface area contributed by atoms with E-state index >= 15 is 0 Å². The van der Waals surface area contributed by atoms with Gasteiger partial charge in [0.2, 0.25) is 5.91 Å². The van der Waals surface area contributed by atoms with Gasteiger partial charge in [-0.05, 0) is 38.3 Å². The lowest BCUT2D eigenvalue weighted by Crippen LogP contribution is -2.41. The standard InChI is InChI=1S/C18H29N3O.2ClH/c1-14(21(2)13-15-7-4-3-5-8-15)12-20-18(22)11-16-9-6-10-17(16)19;;/h3-5,7-8,14,16-17H,6,9-13,19H2,1-2H3,(H,20,22);2*1H/t14?,16-,17+;;/m0../s1. The number of hydrogen-bond donors (Lipinski definition) is 2. The van der Waals surface area contributed by atoms with Crippen molar-refractivity contribution in [3.05, 3.63) is 35.9 Å². The van der Waals surface area contributed by atoms with Crippen molar-refractivity contribution in [1.82, 2.24) is 10.2 Å². The average Bonchev–Trinajstić information content (AvgIpc) is 2.91. The van der Waals surface area contributed by atoms with Crippen LogP contribution in [0.1, 0.15) is 38.2 Å². The van der Waals surface area contributed by atoms with Crippen molar-refractivity contribution in [2.75, 3.05) is 13.6 Å². The lowest BCUT2D eigenvalue weighted by Gasteiger charge is -2.25. The molecule has 3 atom stereocenters.